The number of carbonyl (C=O) groups is 2. The standard InChI is InChI=1S/C23H16BrNO2/c24-17-11-13-18(14-12-17)25-21(26)19-20(22(25)27)23(19,15-7-3-1-4-8-15)16-9-5-2-6-10-16/h1-14,19-20H/t19-,20-/m1/s1. The van der Waals surface area contributed by atoms with Crippen LogP contribution in [-0.4, -0.2) is 11.8 Å². The maximum atomic E-state index is 13.3. The van der Waals surface area contributed by atoms with Gasteiger partial charge in [-0.15, -0.1) is 0 Å². The molecule has 1 saturated heterocycles. The Morgan fingerprint density at radius 1 is 0.667 bits per heavy atom. The predicted molar refractivity (Wildman–Crippen MR) is 107 cm³/mol. The molecule has 0 unspecified atom stereocenters. The maximum absolute atomic E-state index is 13.3. The number of hydrogen-bond acceptors (Lipinski definition) is 2. The number of amides is 2. The zero-order valence-electron chi connectivity index (χ0n) is 14.4. The minimum atomic E-state index is -0.553. The summed E-state index contributed by atoms with van der Waals surface area (Å²) in [5.41, 5.74) is 2.14. The van der Waals surface area contributed by atoms with E-state index >= 15 is 0 Å². The molecule has 0 bridgehead atoms. The maximum Gasteiger partial charge on any atom is 0.239 e. The molecule has 0 aromatic heterocycles. The van der Waals surface area contributed by atoms with E-state index in [2.05, 4.69) is 15.9 Å². The number of halogens is 1. The van der Waals surface area contributed by atoms with Crippen LogP contribution in [0.2, 0.25) is 0 Å². The first-order chi connectivity index (χ1) is 13.2. The molecule has 1 saturated carbocycles. The van der Waals surface area contributed by atoms with Gasteiger partial charge < -0.3 is 0 Å². The second-order valence-electron chi connectivity index (χ2n) is 7.04. The number of imide groups is 1. The van der Waals surface area contributed by atoms with Crippen LogP contribution in [-0.2, 0) is 15.0 Å². The molecule has 5 rings (SSSR count). The summed E-state index contributed by atoms with van der Waals surface area (Å²) in [5, 5.41) is 0. The van der Waals surface area contributed by atoms with Gasteiger partial charge in [-0.25, -0.2) is 4.90 Å². The molecule has 2 amide bonds. The number of carbonyl (C=O) groups excluding carboxylic acids is 2. The summed E-state index contributed by atoms with van der Waals surface area (Å²) >= 11 is 3.40. The van der Waals surface area contributed by atoms with Crippen LogP contribution in [0, 0.1) is 11.8 Å². The van der Waals surface area contributed by atoms with E-state index in [0.29, 0.717) is 5.69 Å². The molecule has 2 atom stereocenters. The highest BCUT2D eigenvalue weighted by atomic mass is 79.9. The zero-order chi connectivity index (χ0) is 18.6. The van der Waals surface area contributed by atoms with E-state index in [4.69, 9.17) is 0 Å². The summed E-state index contributed by atoms with van der Waals surface area (Å²) in [6, 6.07) is 27.2. The molecule has 1 heterocycles. The van der Waals surface area contributed by atoms with Gasteiger partial charge >= 0.3 is 0 Å². The van der Waals surface area contributed by atoms with Gasteiger partial charge in [0.1, 0.15) is 0 Å². The lowest BCUT2D eigenvalue weighted by atomic mass is 9.83. The quantitative estimate of drug-likeness (QED) is 0.585. The van der Waals surface area contributed by atoms with Crippen LogP contribution in [0.4, 0.5) is 5.69 Å². The van der Waals surface area contributed by atoms with Crippen LogP contribution >= 0.6 is 15.9 Å². The number of fused-ring (bicyclic) bond motifs is 1. The van der Waals surface area contributed by atoms with Crippen LogP contribution in [0.25, 0.3) is 0 Å². The third kappa shape index (κ3) is 2.20. The lowest BCUT2D eigenvalue weighted by Gasteiger charge is -2.26. The van der Waals surface area contributed by atoms with Gasteiger partial charge in [-0.2, -0.15) is 0 Å². The summed E-state index contributed by atoms with van der Waals surface area (Å²) in [4.78, 5) is 27.9. The van der Waals surface area contributed by atoms with E-state index in [1.807, 2.05) is 72.8 Å². The smallest absolute Gasteiger partial charge is 0.239 e. The fraction of sp³-hybridized carbons (Fsp3) is 0.130. The Bertz CT molecular complexity index is 967. The fourth-order valence-electron chi connectivity index (χ4n) is 4.61. The van der Waals surface area contributed by atoms with Crippen molar-refractivity contribution in [3.63, 3.8) is 0 Å². The molecule has 1 aliphatic carbocycles. The lowest BCUT2D eigenvalue weighted by Crippen LogP contribution is -2.39. The van der Waals surface area contributed by atoms with Crippen LogP contribution < -0.4 is 4.90 Å². The van der Waals surface area contributed by atoms with E-state index in [0.717, 1.165) is 15.6 Å². The molecule has 3 aromatic rings. The molecule has 1 aliphatic heterocycles. The molecular weight excluding hydrogens is 402 g/mol. The highest BCUT2D eigenvalue weighted by Crippen LogP contribution is 2.68. The van der Waals surface area contributed by atoms with Crippen LogP contribution in [0.15, 0.2) is 89.4 Å². The van der Waals surface area contributed by atoms with Crippen molar-refractivity contribution in [1.29, 1.82) is 0 Å². The lowest BCUT2D eigenvalue weighted by molar-refractivity contribution is -0.124. The van der Waals surface area contributed by atoms with Crippen molar-refractivity contribution in [2.75, 3.05) is 4.90 Å². The Hall–Kier alpha value is -2.72. The molecular formula is C23H16BrNO2. The number of nitrogens with zero attached hydrogens (tertiary/aromatic N) is 1. The first kappa shape index (κ1) is 16.5. The van der Waals surface area contributed by atoms with Crippen molar-refractivity contribution in [3.8, 4) is 0 Å². The van der Waals surface area contributed by atoms with Gasteiger partial charge in [0.15, 0.2) is 0 Å². The molecule has 0 N–H and O–H groups in total. The monoisotopic (exact) mass is 417 g/mol. The molecule has 132 valence electrons. The summed E-state index contributed by atoms with van der Waals surface area (Å²) in [5.74, 6) is -0.919. The molecule has 4 heteroatoms. The van der Waals surface area contributed by atoms with Gasteiger partial charge in [0.2, 0.25) is 11.8 Å². The molecule has 2 aliphatic rings. The molecule has 0 spiro atoms. The number of hydrogen-bond donors (Lipinski definition) is 0. The number of benzene rings is 3. The normalized spacial score (nSPS) is 22.6. The average molecular weight is 418 g/mol. The Morgan fingerprint density at radius 3 is 1.56 bits per heavy atom. The number of piperidine rings is 1. The van der Waals surface area contributed by atoms with Gasteiger partial charge in [-0.3, -0.25) is 9.59 Å². The van der Waals surface area contributed by atoms with Crippen molar-refractivity contribution in [2.45, 2.75) is 5.41 Å². The zero-order valence-corrected chi connectivity index (χ0v) is 16.0. The van der Waals surface area contributed by atoms with Crippen LogP contribution in [0.1, 0.15) is 11.1 Å². The second-order valence-corrected chi connectivity index (χ2v) is 7.96. The number of anilines is 1. The minimum absolute atomic E-state index is 0.111. The SMILES string of the molecule is O=C1[C@H]2[C@H](C(=O)N1c1ccc(Br)cc1)C2(c1ccccc1)c1ccccc1. The first-order valence-electron chi connectivity index (χ1n) is 8.90. The van der Waals surface area contributed by atoms with Gasteiger partial charge in [0, 0.05) is 9.89 Å². The topological polar surface area (TPSA) is 37.4 Å². The molecule has 27 heavy (non-hydrogen) atoms. The van der Waals surface area contributed by atoms with E-state index in [9.17, 15) is 9.59 Å². The Kier molecular flexibility index (Phi) is 3.59. The third-order valence-electron chi connectivity index (χ3n) is 5.77. The Morgan fingerprint density at radius 2 is 1.11 bits per heavy atom. The van der Waals surface area contributed by atoms with Crippen LogP contribution in [0.3, 0.4) is 0 Å². The van der Waals surface area contributed by atoms with E-state index in [1.54, 1.807) is 12.1 Å². The Balaban J connectivity index is 1.61. The molecule has 2 fully saturated rings. The average Bonchev–Trinajstić information content (AvgIpc) is 3.35. The van der Waals surface area contributed by atoms with Crippen molar-refractivity contribution in [3.05, 3.63) is 101 Å². The summed E-state index contributed by atoms with van der Waals surface area (Å²) in [6.07, 6.45) is 0. The number of rotatable bonds is 3. The molecule has 3 aromatic carbocycles. The summed E-state index contributed by atoms with van der Waals surface area (Å²) in [6.45, 7) is 0. The predicted octanol–water partition coefficient (Wildman–Crippen LogP) is 4.55. The van der Waals surface area contributed by atoms with Crippen molar-refractivity contribution in [1.82, 2.24) is 0 Å². The van der Waals surface area contributed by atoms with E-state index in [1.165, 1.54) is 4.90 Å². The Labute approximate surface area is 165 Å². The van der Waals surface area contributed by atoms with Gasteiger partial charge in [0.05, 0.1) is 17.5 Å². The van der Waals surface area contributed by atoms with Crippen molar-refractivity contribution < 1.29 is 9.59 Å². The molecule has 3 nitrogen and oxygen atoms in total. The van der Waals surface area contributed by atoms with Crippen molar-refractivity contribution >= 4 is 33.4 Å². The van der Waals surface area contributed by atoms with E-state index < -0.39 is 5.41 Å². The highest BCUT2D eigenvalue weighted by molar-refractivity contribution is 9.10. The largest absolute Gasteiger partial charge is 0.274 e. The van der Waals surface area contributed by atoms with Gasteiger partial charge in [-0.05, 0) is 35.4 Å². The van der Waals surface area contributed by atoms with E-state index in [-0.39, 0.29) is 23.7 Å². The van der Waals surface area contributed by atoms with Crippen LogP contribution in [0.5, 0.6) is 0 Å². The first-order valence-corrected chi connectivity index (χ1v) is 9.69. The second kappa shape index (κ2) is 5.89. The van der Waals surface area contributed by atoms with Crippen molar-refractivity contribution in [2.24, 2.45) is 11.8 Å². The highest BCUT2D eigenvalue weighted by Gasteiger charge is 2.78. The fourth-order valence-corrected chi connectivity index (χ4v) is 4.87. The summed E-state index contributed by atoms with van der Waals surface area (Å²) in [7, 11) is 0. The summed E-state index contributed by atoms with van der Waals surface area (Å²) < 4.78 is 0.915. The van der Waals surface area contributed by atoms with Gasteiger partial charge in [0.25, 0.3) is 0 Å². The minimum Gasteiger partial charge on any atom is -0.274 e. The van der Waals surface area contributed by atoms with Gasteiger partial charge in [-0.1, -0.05) is 76.6 Å². The molecule has 0 radical (unpaired) electrons. The third-order valence-corrected chi connectivity index (χ3v) is 6.29.